The molecule has 0 unspecified atom stereocenters. The van der Waals surface area contributed by atoms with E-state index in [4.69, 9.17) is 4.74 Å². The Kier molecular flexibility index (Phi) is 2.79. The van der Waals surface area contributed by atoms with Gasteiger partial charge in [-0.3, -0.25) is 9.98 Å². The van der Waals surface area contributed by atoms with E-state index in [0.29, 0.717) is 5.41 Å². The molecule has 2 saturated heterocycles. The summed E-state index contributed by atoms with van der Waals surface area (Å²) in [6.07, 6.45) is 6.75. The predicted octanol–water partition coefficient (Wildman–Crippen LogP) is 1.96. The minimum atomic E-state index is 0.419. The van der Waals surface area contributed by atoms with Crippen LogP contribution in [0.15, 0.2) is 35.6 Å². The van der Waals surface area contributed by atoms with Crippen LogP contribution in [0.4, 0.5) is 5.82 Å². The summed E-state index contributed by atoms with van der Waals surface area (Å²) < 4.78 is 5.32. The molecule has 2 aromatic rings. The monoisotopic (exact) mass is 306 g/mol. The highest BCUT2D eigenvalue weighted by molar-refractivity contribution is 5.84. The van der Waals surface area contributed by atoms with Crippen LogP contribution in [-0.4, -0.2) is 49.0 Å². The highest BCUT2D eigenvalue weighted by atomic mass is 16.5. The first-order valence-electron chi connectivity index (χ1n) is 8.09. The predicted molar refractivity (Wildman–Crippen MR) is 89.1 cm³/mol. The zero-order chi connectivity index (χ0) is 15.3. The number of nitrogens with zero attached hydrogens (tertiary/aromatic N) is 4. The van der Waals surface area contributed by atoms with Crippen LogP contribution in [0.25, 0.3) is 11.1 Å². The number of ether oxygens (including phenoxy) is 1. The average molecular weight is 306 g/mol. The number of anilines is 1. The van der Waals surface area contributed by atoms with Crippen LogP contribution in [0.5, 0.6) is 0 Å². The van der Waals surface area contributed by atoms with Gasteiger partial charge in [-0.05, 0) is 18.2 Å². The van der Waals surface area contributed by atoms with Gasteiger partial charge in [-0.1, -0.05) is 0 Å². The van der Waals surface area contributed by atoms with Gasteiger partial charge in [0.2, 0.25) is 0 Å². The van der Waals surface area contributed by atoms with Gasteiger partial charge < -0.3 is 9.64 Å². The lowest BCUT2D eigenvalue weighted by molar-refractivity contribution is -0.127. The quantitative estimate of drug-likeness (QED) is 0.851. The largest absolute Gasteiger partial charge is 0.380 e. The van der Waals surface area contributed by atoms with Crippen molar-refractivity contribution in [3.8, 4) is 11.1 Å². The highest BCUT2D eigenvalue weighted by Crippen LogP contribution is 2.39. The van der Waals surface area contributed by atoms with Crippen LogP contribution in [0.2, 0.25) is 0 Å². The molecule has 0 aliphatic carbocycles. The van der Waals surface area contributed by atoms with E-state index in [9.17, 15) is 0 Å². The fourth-order valence-corrected chi connectivity index (χ4v) is 3.56. The first-order chi connectivity index (χ1) is 11.3. The van der Waals surface area contributed by atoms with Crippen LogP contribution in [0.1, 0.15) is 11.3 Å². The highest BCUT2D eigenvalue weighted by Gasteiger charge is 2.49. The molecular weight excluding hydrogens is 288 g/mol. The number of hydrogen-bond acceptors (Lipinski definition) is 5. The summed E-state index contributed by atoms with van der Waals surface area (Å²) in [5.41, 5.74) is 4.89. The van der Waals surface area contributed by atoms with Crippen molar-refractivity contribution in [1.29, 1.82) is 0 Å². The van der Waals surface area contributed by atoms with Crippen LogP contribution in [-0.2, 0) is 11.2 Å². The van der Waals surface area contributed by atoms with Crippen molar-refractivity contribution in [2.45, 2.75) is 6.42 Å². The third-order valence-electron chi connectivity index (χ3n) is 4.99. The summed E-state index contributed by atoms with van der Waals surface area (Å²) in [6.45, 7) is 4.79. The summed E-state index contributed by atoms with van der Waals surface area (Å²) in [5, 5.41) is 0. The molecule has 5 nitrogen and oxygen atoms in total. The van der Waals surface area contributed by atoms with Gasteiger partial charge in [-0.15, -0.1) is 0 Å². The van der Waals surface area contributed by atoms with Crippen molar-refractivity contribution >= 4 is 12.0 Å². The Morgan fingerprint density at radius 3 is 2.65 bits per heavy atom. The van der Waals surface area contributed by atoms with Gasteiger partial charge in [0.1, 0.15) is 5.82 Å². The first-order valence-corrected chi connectivity index (χ1v) is 8.09. The van der Waals surface area contributed by atoms with Crippen molar-refractivity contribution in [1.82, 2.24) is 9.97 Å². The van der Waals surface area contributed by atoms with Crippen molar-refractivity contribution in [3.63, 3.8) is 0 Å². The molecular formula is C18H18N4O. The molecule has 3 aliphatic rings. The van der Waals surface area contributed by atoms with E-state index in [0.717, 1.165) is 67.5 Å². The number of rotatable bonds is 2. The van der Waals surface area contributed by atoms with Crippen molar-refractivity contribution in [3.05, 3.63) is 41.9 Å². The molecule has 0 radical (unpaired) electrons. The number of fused-ring (bicyclic) bond motifs is 1. The van der Waals surface area contributed by atoms with E-state index in [1.807, 2.05) is 18.6 Å². The molecule has 0 atom stereocenters. The van der Waals surface area contributed by atoms with Gasteiger partial charge in [0, 0.05) is 61.4 Å². The minimum absolute atomic E-state index is 0.419. The molecule has 0 N–H and O–H groups in total. The lowest BCUT2D eigenvalue weighted by atomic mass is 9.78. The van der Waals surface area contributed by atoms with Crippen LogP contribution < -0.4 is 4.90 Å². The number of pyridine rings is 2. The Balaban J connectivity index is 1.37. The maximum Gasteiger partial charge on any atom is 0.128 e. The van der Waals surface area contributed by atoms with E-state index in [-0.39, 0.29) is 0 Å². The Morgan fingerprint density at radius 1 is 1.04 bits per heavy atom. The van der Waals surface area contributed by atoms with Crippen LogP contribution >= 0.6 is 0 Å². The molecule has 2 aromatic heterocycles. The maximum atomic E-state index is 5.32. The first kappa shape index (κ1) is 13.2. The molecule has 1 spiro atoms. The SMILES string of the molecule is C1=NCCc2ncc(-c3ccc(N4CC5(COC5)C4)nc3)cc21. The molecule has 5 heteroatoms. The van der Waals surface area contributed by atoms with Gasteiger partial charge in [0.05, 0.1) is 24.3 Å². The Hall–Kier alpha value is -2.27. The fourth-order valence-electron chi connectivity index (χ4n) is 3.56. The Morgan fingerprint density at radius 2 is 1.91 bits per heavy atom. The van der Waals surface area contributed by atoms with Crippen LogP contribution in [0, 0.1) is 5.41 Å². The number of hydrogen-bond donors (Lipinski definition) is 0. The van der Waals surface area contributed by atoms with Crippen molar-refractivity contribution in [2.75, 3.05) is 37.7 Å². The standard InChI is InChI=1S/C18H18N4O/c1-2-17(22-9-18(10-22)11-23-12-18)21-7-13(1)14-5-15-6-19-4-3-16(15)20-8-14/h1-2,5-8H,3-4,9-12H2. The minimum Gasteiger partial charge on any atom is -0.380 e. The second-order valence-electron chi connectivity index (χ2n) is 6.80. The molecule has 0 saturated carbocycles. The summed E-state index contributed by atoms with van der Waals surface area (Å²) in [7, 11) is 0. The van der Waals surface area contributed by atoms with Gasteiger partial charge in [0.25, 0.3) is 0 Å². The van der Waals surface area contributed by atoms with Crippen molar-refractivity contribution in [2.24, 2.45) is 10.4 Å². The molecule has 5 rings (SSSR count). The Bertz CT molecular complexity index is 772. The zero-order valence-electron chi connectivity index (χ0n) is 12.9. The number of aromatic nitrogens is 2. The van der Waals surface area contributed by atoms with Crippen LogP contribution in [0.3, 0.4) is 0 Å². The van der Waals surface area contributed by atoms with Gasteiger partial charge in [-0.25, -0.2) is 4.98 Å². The smallest absolute Gasteiger partial charge is 0.128 e. The molecule has 0 aromatic carbocycles. The molecule has 5 heterocycles. The molecule has 116 valence electrons. The lowest BCUT2D eigenvalue weighted by Gasteiger charge is -2.55. The third-order valence-corrected chi connectivity index (χ3v) is 4.99. The lowest BCUT2D eigenvalue weighted by Crippen LogP contribution is -2.66. The summed E-state index contributed by atoms with van der Waals surface area (Å²) in [6, 6.07) is 6.40. The molecule has 0 bridgehead atoms. The van der Waals surface area contributed by atoms with E-state index in [1.54, 1.807) is 0 Å². The van der Waals surface area contributed by atoms with Gasteiger partial charge >= 0.3 is 0 Å². The van der Waals surface area contributed by atoms with E-state index in [2.05, 4.69) is 38.1 Å². The van der Waals surface area contributed by atoms with E-state index >= 15 is 0 Å². The number of aliphatic imine (C=N–C) groups is 1. The second-order valence-corrected chi connectivity index (χ2v) is 6.80. The third kappa shape index (κ3) is 2.15. The normalized spacial score (nSPS) is 20.8. The molecule has 3 aliphatic heterocycles. The Labute approximate surface area is 135 Å². The second kappa shape index (κ2) is 4.86. The molecule has 0 amide bonds. The van der Waals surface area contributed by atoms with Gasteiger partial charge in [-0.2, -0.15) is 0 Å². The fraction of sp³-hybridized carbons (Fsp3) is 0.389. The summed E-state index contributed by atoms with van der Waals surface area (Å²) in [4.78, 5) is 15.9. The zero-order valence-corrected chi connectivity index (χ0v) is 12.9. The van der Waals surface area contributed by atoms with E-state index in [1.165, 1.54) is 0 Å². The van der Waals surface area contributed by atoms with Crippen molar-refractivity contribution < 1.29 is 4.74 Å². The summed E-state index contributed by atoms with van der Waals surface area (Å²) in [5.74, 6) is 1.05. The average Bonchev–Trinajstić information content (AvgIpc) is 2.52. The summed E-state index contributed by atoms with van der Waals surface area (Å²) >= 11 is 0. The van der Waals surface area contributed by atoms with E-state index < -0.39 is 0 Å². The topological polar surface area (TPSA) is 50.6 Å². The maximum absolute atomic E-state index is 5.32. The molecule has 2 fully saturated rings. The van der Waals surface area contributed by atoms with Gasteiger partial charge in [0.15, 0.2) is 0 Å². The molecule has 23 heavy (non-hydrogen) atoms.